The number of carbonyl (C=O) groups excluding carboxylic acids is 1. The second kappa shape index (κ2) is 7.43. The molecule has 1 N–H and O–H groups in total. The van der Waals surface area contributed by atoms with Crippen molar-refractivity contribution >= 4 is 33.4 Å². The first kappa shape index (κ1) is 15.8. The molecule has 2 aromatic carbocycles. The van der Waals surface area contributed by atoms with E-state index in [1.165, 1.54) is 6.07 Å². The van der Waals surface area contributed by atoms with Gasteiger partial charge in [0.1, 0.15) is 11.6 Å². The highest BCUT2D eigenvalue weighted by Crippen LogP contribution is 2.16. The van der Waals surface area contributed by atoms with Gasteiger partial charge < -0.3 is 10.1 Å². The Morgan fingerprint density at radius 2 is 1.95 bits per heavy atom. The molecule has 0 aliphatic heterocycles. The summed E-state index contributed by atoms with van der Waals surface area (Å²) in [5.74, 6) is -0.148. The lowest BCUT2D eigenvalue weighted by molar-refractivity contribution is -0.123. The number of carbonyl (C=O) groups is 1. The topological polar surface area (TPSA) is 38.3 Å². The zero-order chi connectivity index (χ0) is 15.2. The number of ether oxygens (including phenoxy) is 1. The van der Waals surface area contributed by atoms with Gasteiger partial charge in [-0.3, -0.25) is 4.79 Å². The van der Waals surface area contributed by atoms with Crippen LogP contribution in [0.4, 0.5) is 4.39 Å². The maximum atomic E-state index is 13.5. The first-order valence-electron chi connectivity index (χ1n) is 6.13. The van der Waals surface area contributed by atoms with Crippen LogP contribution in [0.1, 0.15) is 5.56 Å². The Labute approximate surface area is 135 Å². The van der Waals surface area contributed by atoms with Gasteiger partial charge in [0.05, 0.1) is 0 Å². The van der Waals surface area contributed by atoms with Crippen LogP contribution in [0.5, 0.6) is 5.75 Å². The average molecular weight is 373 g/mol. The predicted octanol–water partition coefficient (Wildman–Crippen LogP) is 3.94. The normalized spacial score (nSPS) is 10.2. The molecule has 21 heavy (non-hydrogen) atoms. The zero-order valence-electron chi connectivity index (χ0n) is 10.9. The molecule has 3 nitrogen and oxygen atoms in total. The summed E-state index contributed by atoms with van der Waals surface area (Å²) in [6, 6.07) is 11.3. The van der Waals surface area contributed by atoms with E-state index in [0.717, 1.165) is 4.47 Å². The van der Waals surface area contributed by atoms with Gasteiger partial charge in [-0.15, -0.1) is 0 Å². The number of hydrogen-bond acceptors (Lipinski definition) is 2. The summed E-state index contributed by atoms with van der Waals surface area (Å²) in [7, 11) is 0. The van der Waals surface area contributed by atoms with Gasteiger partial charge in [0, 0.05) is 21.6 Å². The predicted molar refractivity (Wildman–Crippen MR) is 82.9 cm³/mol. The van der Waals surface area contributed by atoms with Gasteiger partial charge in [0.15, 0.2) is 6.61 Å². The fraction of sp³-hybridized carbons (Fsp3) is 0.133. The molecule has 0 aliphatic carbocycles. The largest absolute Gasteiger partial charge is 0.484 e. The summed E-state index contributed by atoms with van der Waals surface area (Å²) < 4.78 is 19.5. The van der Waals surface area contributed by atoms with Crippen LogP contribution < -0.4 is 10.1 Å². The molecule has 0 saturated heterocycles. The van der Waals surface area contributed by atoms with Crippen molar-refractivity contribution in [2.75, 3.05) is 6.61 Å². The van der Waals surface area contributed by atoms with E-state index in [2.05, 4.69) is 21.2 Å². The number of amides is 1. The van der Waals surface area contributed by atoms with E-state index in [4.69, 9.17) is 16.3 Å². The van der Waals surface area contributed by atoms with Crippen LogP contribution in [0.3, 0.4) is 0 Å². The van der Waals surface area contributed by atoms with Crippen LogP contribution in [0.15, 0.2) is 46.9 Å². The smallest absolute Gasteiger partial charge is 0.258 e. The molecule has 0 atom stereocenters. The highest BCUT2D eigenvalue weighted by atomic mass is 79.9. The first-order chi connectivity index (χ1) is 10.0. The standard InChI is InChI=1S/C15H12BrClFNO2/c16-11-1-6-14(18)10(7-11)8-19-15(20)9-21-13-4-2-12(17)3-5-13/h1-7H,8-9H2,(H,19,20). The molecule has 0 aliphatic rings. The molecule has 0 unspecified atom stereocenters. The summed E-state index contributed by atoms with van der Waals surface area (Å²) in [5, 5.41) is 3.19. The van der Waals surface area contributed by atoms with Gasteiger partial charge in [0.25, 0.3) is 5.91 Å². The summed E-state index contributed by atoms with van der Waals surface area (Å²) in [6.07, 6.45) is 0. The SMILES string of the molecule is O=C(COc1ccc(Cl)cc1)NCc1cc(Br)ccc1F. The van der Waals surface area contributed by atoms with Gasteiger partial charge in [-0.1, -0.05) is 27.5 Å². The Bertz CT molecular complexity index is 634. The molecule has 0 aromatic heterocycles. The Balaban J connectivity index is 1.82. The van der Waals surface area contributed by atoms with Crippen LogP contribution in [-0.2, 0) is 11.3 Å². The van der Waals surface area contributed by atoms with Crippen molar-refractivity contribution in [3.8, 4) is 5.75 Å². The minimum Gasteiger partial charge on any atom is -0.484 e. The first-order valence-corrected chi connectivity index (χ1v) is 7.30. The van der Waals surface area contributed by atoms with Crippen molar-refractivity contribution < 1.29 is 13.9 Å². The Hall–Kier alpha value is -1.59. The van der Waals surface area contributed by atoms with Crippen LogP contribution in [-0.4, -0.2) is 12.5 Å². The van der Waals surface area contributed by atoms with E-state index in [0.29, 0.717) is 16.3 Å². The maximum Gasteiger partial charge on any atom is 0.258 e. The quantitative estimate of drug-likeness (QED) is 0.863. The molecule has 0 fully saturated rings. The van der Waals surface area contributed by atoms with Gasteiger partial charge in [-0.25, -0.2) is 4.39 Å². The lowest BCUT2D eigenvalue weighted by Gasteiger charge is -2.08. The summed E-state index contributed by atoms with van der Waals surface area (Å²) in [4.78, 5) is 11.7. The molecule has 0 spiro atoms. The fourth-order valence-electron chi connectivity index (χ4n) is 1.60. The van der Waals surface area contributed by atoms with E-state index < -0.39 is 0 Å². The maximum absolute atomic E-state index is 13.5. The summed E-state index contributed by atoms with van der Waals surface area (Å²) >= 11 is 9.00. The molecular weight excluding hydrogens is 361 g/mol. The molecule has 0 radical (unpaired) electrons. The van der Waals surface area contributed by atoms with E-state index in [1.807, 2.05) is 0 Å². The Morgan fingerprint density at radius 3 is 2.67 bits per heavy atom. The monoisotopic (exact) mass is 371 g/mol. The molecule has 0 heterocycles. The van der Waals surface area contributed by atoms with Gasteiger partial charge >= 0.3 is 0 Å². The second-order valence-corrected chi connectivity index (χ2v) is 5.61. The number of halogens is 3. The van der Waals surface area contributed by atoms with Crippen LogP contribution >= 0.6 is 27.5 Å². The number of hydrogen-bond donors (Lipinski definition) is 1. The lowest BCUT2D eigenvalue weighted by atomic mass is 10.2. The number of benzene rings is 2. The van der Waals surface area contributed by atoms with Crippen LogP contribution in [0, 0.1) is 5.82 Å². The number of nitrogens with one attached hydrogen (secondary N) is 1. The van der Waals surface area contributed by atoms with Gasteiger partial charge in [0.2, 0.25) is 0 Å². The third-order valence-electron chi connectivity index (χ3n) is 2.67. The van der Waals surface area contributed by atoms with E-state index in [9.17, 15) is 9.18 Å². The minimum atomic E-state index is -0.364. The summed E-state index contributed by atoms with van der Waals surface area (Å²) in [5.41, 5.74) is 0.407. The average Bonchev–Trinajstić information content (AvgIpc) is 2.47. The molecular formula is C15H12BrClFNO2. The van der Waals surface area contributed by atoms with Crippen LogP contribution in [0.2, 0.25) is 5.02 Å². The van der Waals surface area contributed by atoms with E-state index >= 15 is 0 Å². The van der Waals surface area contributed by atoms with E-state index in [1.54, 1.807) is 36.4 Å². The molecule has 0 saturated carbocycles. The highest BCUT2D eigenvalue weighted by Gasteiger charge is 2.06. The van der Waals surface area contributed by atoms with Gasteiger partial charge in [-0.05, 0) is 42.5 Å². The fourth-order valence-corrected chi connectivity index (χ4v) is 2.14. The molecule has 6 heteroatoms. The molecule has 110 valence electrons. The van der Waals surface area contributed by atoms with Crippen LogP contribution in [0.25, 0.3) is 0 Å². The van der Waals surface area contributed by atoms with Crippen molar-refractivity contribution in [3.05, 3.63) is 63.3 Å². The zero-order valence-corrected chi connectivity index (χ0v) is 13.2. The second-order valence-electron chi connectivity index (χ2n) is 4.26. The number of rotatable bonds is 5. The summed E-state index contributed by atoms with van der Waals surface area (Å²) in [6.45, 7) is -0.0364. The van der Waals surface area contributed by atoms with Crippen molar-refractivity contribution in [2.24, 2.45) is 0 Å². The van der Waals surface area contributed by atoms with Crippen molar-refractivity contribution in [1.82, 2.24) is 5.32 Å². The lowest BCUT2D eigenvalue weighted by Crippen LogP contribution is -2.28. The molecule has 0 bridgehead atoms. The molecule has 2 aromatic rings. The van der Waals surface area contributed by atoms with Crippen molar-refractivity contribution in [3.63, 3.8) is 0 Å². The van der Waals surface area contributed by atoms with Crippen molar-refractivity contribution in [1.29, 1.82) is 0 Å². The van der Waals surface area contributed by atoms with E-state index in [-0.39, 0.29) is 24.9 Å². The molecule has 2 rings (SSSR count). The minimum absolute atomic E-state index is 0.105. The third-order valence-corrected chi connectivity index (χ3v) is 3.41. The third kappa shape index (κ3) is 5.02. The Kier molecular flexibility index (Phi) is 5.59. The highest BCUT2D eigenvalue weighted by molar-refractivity contribution is 9.10. The van der Waals surface area contributed by atoms with Gasteiger partial charge in [-0.2, -0.15) is 0 Å². The Morgan fingerprint density at radius 1 is 1.24 bits per heavy atom. The van der Waals surface area contributed by atoms with Crippen molar-refractivity contribution in [2.45, 2.75) is 6.54 Å². The molecule has 1 amide bonds.